The molecule has 1 fully saturated rings. The first-order valence-electron chi connectivity index (χ1n) is 1.41. The average Bonchev–Trinajstić information content (AvgIpc) is 2.22. The zero-order valence-electron chi connectivity index (χ0n) is 3.88. The van der Waals surface area contributed by atoms with Gasteiger partial charge in [0.25, 0.3) is 0 Å². The smallest absolute Gasteiger partial charge is 0.344 e. The lowest BCUT2D eigenvalue weighted by Gasteiger charge is -1.87. The lowest BCUT2D eigenvalue weighted by molar-refractivity contribution is -0.192. The number of ether oxygens (including phenoxy) is 1. The maximum absolute atomic E-state index is 8.27. The second kappa shape index (κ2) is 1.73. The topological polar surface area (TPSA) is 89.5 Å². The Balaban J connectivity index is 0.000000360. The summed E-state index contributed by atoms with van der Waals surface area (Å²) in [7, 11) is 1.27. The number of hydrogen-bond acceptors (Lipinski definition) is 5. The summed E-state index contributed by atoms with van der Waals surface area (Å²) in [5.74, 6) is 0. The zero-order chi connectivity index (χ0) is 4.62. The highest BCUT2D eigenvalue weighted by atomic mass is 17.5. The molecule has 0 aromatic carbocycles. The molecule has 4 N–H and O–H groups in total. The molecule has 0 unspecified atom stereocenters. The predicted molar refractivity (Wildman–Crippen MR) is 19.2 cm³/mol. The molecule has 5 nitrogen and oxygen atoms in total. The molecule has 0 amide bonds. The van der Waals surface area contributed by atoms with E-state index in [9.17, 15) is 0 Å². The molecule has 1 aliphatic heterocycles. The van der Waals surface area contributed by atoms with Crippen LogP contribution < -0.4 is 6.15 Å². The first-order valence-corrected chi connectivity index (χ1v) is 1.41. The maximum Gasteiger partial charge on any atom is 0.464 e. The summed E-state index contributed by atoms with van der Waals surface area (Å²) >= 11 is 0. The molecular formula is C2H7NO4. The Hall–Kier alpha value is -0.200. The van der Waals surface area contributed by atoms with E-state index in [-0.39, 0.29) is 6.15 Å². The first-order chi connectivity index (χ1) is 2.77. The first kappa shape index (κ1) is 6.80. The van der Waals surface area contributed by atoms with Gasteiger partial charge in [0.05, 0.1) is 0 Å². The minimum Gasteiger partial charge on any atom is -0.344 e. The Morgan fingerprint density at radius 2 is 2.00 bits per heavy atom. The maximum atomic E-state index is 8.27. The molecule has 0 saturated carbocycles. The lowest BCUT2D eigenvalue weighted by atomic mass is 11.2. The normalized spacial score (nSPS) is 23.1. The summed E-state index contributed by atoms with van der Waals surface area (Å²) in [5, 5.41) is 8.27. The van der Waals surface area contributed by atoms with Gasteiger partial charge in [0.15, 0.2) is 0 Å². The third-order valence-corrected chi connectivity index (χ3v) is 0.484. The van der Waals surface area contributed by atoms with Crippen LogP contribution in [0, 0.1) is 0 Å². The van der Waals surface area contributed by atoms with Crippen molar-refractivity contribution in [2.75, 3.05) is 7.11 Å². The fourth-order valence-electron chi connectivity index (χ4n) is 0.104. The van der Waals surface area contributed by atoms with Crippen molar-refractivity contribution in [2.24, 2.45) is 0 Å². The standard InChI is InChI=1S/C2H4O4.H3N/c1-4-2(3)5-6-2;/h3H,1H3;1H3. The highest BCUT2D eigenvalue weighted by Gasteiger charge is 2.48. The second-order valence-corrected chi connectivity index (χ2v) is 0.895. The molecule has 0 aliphatic carbocycles. The molecule has 1 saturated heterocycles. The van der Waals surface area contributed by atoms with Gasteiger partial charge in [-0.25, -0.2) is 0 Å². The molecule has 1 aliphatic rings. The summed E-state index contributed by atoms with van der Waals surface area (Å²) in [5.41, 5.74) is 0. The molecule has 0 aromatic heterocycles. The Morgan fingerprint density at radius 3 is 2.00 bits per heavy atom. The van der Waals surface area contributed by atoms with Crippen molar-refractivity contribution < 1.29 is 19.6 Å². The zero-order valence-corrected chi connectivity index (χ0v) is 3.88. The van der Waals surface area contributed by atoms with Gasteiger partial charge in [-0.05, 0) is 0 Å². The van der Waals surface area contributed by atoms with E-state index >= 15 is 0 Å². The highest BCUT2D eigenvalue weighted by Crippen LogP contribution is 2.24. The van der Waals surface area contributed by atoms with Crippen LogP contribution in [0.25, 0.3) is 0 Å². The van der Waals surface area contributed by atoms with E-state index in [1.807, 2.05) is 0 Å². The monoisotopic (exact) mass is 109 g/mol. The van der Waals surface area contributed by atoms with E-state index in [1.165, 1.54) is 7.11 Å². The third kappa shape index (κ3) is 1.38. The summed E-state index contributed by atoms with van der Waals surface area (Å²) in [6.45, 7) is 0. The summed E-state index contributed by atoms with van der Waals surface area (Å²) in [6.07, 6.45) is -1.71. The van der Waals surface area contributed by atoms with E-state index in [0.717, 1.165) is 0 Å². The quantitative estimate of drug-likeness (QED) is 0.265. The predicted octanol–water partition coefficient (Wildman–Crippen LogP) is -0.640. The summed E-state index contributed by atoms with van der Waals surface area (Å²) in [6, 6.07) is 0. The summed E-state index contributed by atoms with van der Waals surface area (Å²) in [4.78, 5) is 7.76. The molecule has 0 aromatic rings. The van der Waals surface area contributed by atoms with Crippen LogP contribution >= 0.6 is 0 Å². The Morgan fingerprint density at radius 1 is 1.57 bits per heavy atom. The van der Waals surface area contributed by atoms with Crippen LogP contribution in [0.2, 0.25) is 0 Å². The van der Waals surface area contributed by atoms with Gasteiger partial charge in [-0.3, -0.25) is 0 Å². The van der Waals surface area contributed by atoms with Crippen molar-refractivity contribution in [3.63, 3.8) is 0 Å². The van der Waals surface area contributed by atoms with Gasteiger partial charge in [-0.2, -0.15) is 0 Å². The van der Waals surface area contributed by atoms with Gasteiger partial charge in [0.2, 0.25) is 0 Å². The van der Waals surface area contributed by atoms with E-state index in [4.69, 9.17) is 5.11 Å². The average molecular weight is 109 g/mol. The Kier molecular flexibility index (Phi) is 1.68. The van der Waals surface area contributed by atoms with Crippen LogP contribution in [0.3, 0.4) is 0 Å². The second-order valence-electron chi connectivity index (χ2n) is 0.895. The Labute approximate surface area is 40.3 Å². The number of rotatable bonds is 1. The minimum absolute atomic E-state index is 0. The van der Waals surface area contributed by atoms with Crippen LogP contribution in [-0.2, 0) is 14.5 Å². The lowest BCUT2D eigenvalue weighted by Crippen LogP contribution is -2.09. The largest absolute Gasteiger partial charge is 0.464 e. The van der Waals surface area contributed by atoms with Crippen LogP contribution in [0.5, 0.6) is 0 Å². The molecule has 5 heteroatoms. The SMILES string of the molecule is COC1(O)OO1.N. The molecule has 7 heavy (non-hydrogen) atoms. The van der Waals surface area contributed by atoms with Gasteiger partial charge in [0.1, 0.15) is 0 Å². The molecule has 0 atom stereocenters. The van der Waals surface area contributed by atoms with E-state index < -0.39 is 6.16 Å². The van der Waals surface area contributed by atoms with E-state index in [0.29, 0.717) is 0 Å². The van der Waals surface area contributed by atoms with Crippen molar-refractivity contribution in [1.82, 2.24) is 6.15 Å². The van der Waals surface area contributed by atoms with Gasteiger partial charge in [0, 0.05) is 7.11 Å². The molecule has 1 heterocycles. The van der Waals surface area contributed by atoms with Crippen LogP contribution in [0.15, 0.2) is 0 Å². The fourth-order valence-corrected chi connectivity index (χ4v) is 0.104. The third-order valence-electron chi connectivity index (χ3n) is 0.484. The molecular weight excluding hydrogens is 102 g/mol. The Bertz CT molecular complexity index is 60.7. The number of hydrogen-bond donors (Lipinski definition) is 2. The molecule has 44 valence electrons. The minimum atomic E-state index is -1.71. The van der Waals surface area contributed by atoms with Crippen molar-refractivity contribution in [3.8, 4) is 0 Å². The van der Waals surface area contributed by atoms with Gasteiger partial charge in [-0.1, -0.05) is 0 Å². The van der Waals surface area contributed by atoms with Gasteiger partial charge >= 0.3 is 6.16 Å². The van der Waals surface area contributed by atoms with Crippen molar-refractivity contribution in [3.05, 3.63) is 0 Å². The van der Waals surface area contributed by atoms with E-state index in [2.05, 4.69) is 14.5 Å². The van der Waals surface area contributed by atoms with Crippen molar-refractivity contribution in [1.29, 1.82) is 0 Å². The van der Waals surface area contributed by atoms with E-state index in [1.54, 1.807) is 0 Å². The molecule has 0 radical (unpaired) electrons. The summed E-state index contributed by atoms with van der Waals surface area (Å²) < 4.78 is 4.16. The van der Waals surface area contributed by atoms with Crippen LogP contribution in [0.1, 0.15) is 0 Å². The van der Waals surface area contributed by atoms with Crippen LogP contribution in [0.4, 0.5) is 0 Å². The van der Waals surface area contributed by atoms with Gasteiger partial charge in [-0.15, -0.1) is 9.78 Å². The van der Waals surface area contributed by atoms with Crippen LogP contribution in [-0.4, -0.2) is 18.4 Å². The molecule has 0 spiro atoms. The van der Waals surface area contributed by atoms with Gasteiger partial charge < -0.3 is 16.0 Å². The van der Waals surface area contributed by atoms with Crippen molar-refractivity contribution in [2.45, 2.75) is 6.16 Å². The number of methoxy groups -OCH3 is 1. The highest BCUT2D eigenvalue weighted by molar-refractivity contribution is 4.31. The van der Waals surface area contributed by atoms with Crippen molar-refractivity contribution >= 4 is 0 Å². The molecule has 1 rings (SSSR count). The molecule has 0 bridgehead atoms. The number of aliphatic hydroxyl groups is 1. The fraction of sp³-hybridized carbons (Fsp3) is 1.00.